The van der Waals surface area contributed by atoms with Gasteiger partial charge in [0.05, 0.1) is 17.6 Å². The number of imidazole rings is 1. The molecule has 2 aromatic rings. The van der Waals surface area contributed by atoms with Crippen LogP contribution in [-0.4, -0.2) is 35.3 Å². The number of nitrogens with zero attached hydrogens (tertiary/aromatic N) is 2. The van der Waals surface area contributed by atoms with E-state index in [0.29, 0.717) is 11.0 Å². The second-order valence-corrected chi connectivity index (χ2v) is 4.17. The molecule has 20 heavy (non-hydrogen) atoms. The maximum Gasteiger partial charge on any atom is 0.426 e. The number of hydrogen-bond donors (Lipinski definition) is 2. The van der Waals surface area contributed by atoms with Crippen molar-refractivity contribution in [1.82, 2.24) is 15.0 Å². The van der Waals surface area contributed by atoms with E-state index in [4.69, 9.17) is 4.74 Å². The molecule has 7 heteroatoms. The first kappa shape index (κ1) is 13.9. The number of carbonyl (C=O) groups excluding carboxylic acids is 2. The van der Waals surface area contributed by atoms with Crippen molar-refractivity contribution in [2.24, 2.45) is 0 Å². The molecule has 0 radical (unpaired) electrons. The van der Waals surface area contributed by atoms with Crippen molar-refractivity contribution < 1.29 is 14.3 Å². The zero-order valence-corrected chi connectivity index (χ0v) is 11.6. The van der Waals surface area contributed by atoms with Crippen LogP contribution in [0.5, 0.6) is 0 Å². The molecule has 0 unspecified atom stereocenters. The minimum absolute atomic E-state index is 0.0983. The summed E-state index contributed by atoms with van der Waals surface area (Å²) in [5, 5.41) is 2.49. The number of amides is 2. The molecule has 1 aromatic carbocycles. The summed E-state index contributed by atoms with van der Waals surface area (Å²) >= 11 is 0. The molecule has 0 spiro atoms. The predicted octanol–water partition coefficient (Wildman–Crippen LogP) is 1.40. The van der Waals surface area contributed by atoms with Crippen molar-refractivity contribution in [3.63, 3.8) is 0 Å². The fraction of sp³-hybridized carbons (Fsp3) is 0.308. The number of nitrogens with one attached hydrogen (secondary N) is 2. The molecule has 0 saturated carbocycles. The molecule has 2 amide bonds. The average Bonchev–Trinajstić information content (AvgIpc) is 2.76. The monoisotopic (exact) mass is 276 g/mol. The SMILES string of the molecule is CCOC(=O)Nn1c(C(=O)NC)nc2ccc(C)cc21. The average molecular weight is 276 g/mol. The van der Waals surface area contributed by atoms with Crippen molar-refractivity contribution in [3.8, 4) is 0 Å². The van der Waals surface area contributed by atoms with Gasteiger partial charge in [0.1, 0.15) is 0 Å². The van der Waals surface area contributed by atoms with Gasteiger partial charge in [-0.05, 0) is 31.5 Å². The van der Waals surface area contributed by atoms with E-state index >= 15 is 0 Å². The van der Waals surface area contributed by atoms with Gasteiger partial charge in [-0.1, -0.05) is 6.07 Å². The van der Waals surface area contributed by atoms with Gasteiger partial charge in [0, 0.05) is 7.05 Å². The van der Waals surface area contributed by atoms with Crippen LogP contribution in [0.25, 0.3) is 11.0 Å². The normalized spacial score (nSPS) is 10.3. The van der Waals surface area contributed by atoms with Crippen molar-refractivity contribution in [2.45, 2.75) is 13.8 Å². The first-order chi connectivity index (χ1) is 9.56. The summed E-state index contributed by atoms with van der Waals surface area (Å²) in [6, 6.07) is 5.51. The molecular weight excluding hydrogens is 260 g/mol. The Hall–Kier alpha value is -2.57. The largest absolute Gasteiger partial charge is 0.449 e. The Kier molecular flexibility index (Phi) is 3.88. The molecule has 1 aromatic heterocycles. The third-order valence-electron chi connectivity index (χ3n) is 2.72. The van der Waals surface area contributed by atoms with Crippen LogP contribution in [0.15, 0.2) is 18.2 Å². The highest BCUT2D eigenvalue weighted by molar-refractivity contribution is 5.96. The fourth-order valence-corrected chi connectivity index (χ4v) is 1.82. The topological polar surface area (TPSA) is 85.2 Å². The highest BCUT2D eigenvalue weighted by Gasteiger charge is 2.18. The number of rotatable bonds is 3. The standard InChI is InChI=1S/C13H16N4O3/c1-4-20-13(19)16-17-10-7-8(2)5-6-9(10)15-11(17)12(18)14-3/h5-7H,4H2,1-3H3,(H,14,18)(H,16,19). The van der Waals surface area contributed by atoms with Crippen LogP contribution < -0.4 is 10.7 Å². The van der Waals surface area contributed by atoms with Gasteiger partial charge in [-0.3, -0.25) is 4.79 Å². The third-order valence-corrected chi connectivity index (χ3v) is 2.72. The number of aryl methyl sites for hydroxylation is 1. The number of hydrogen-bond acceptors (Lipinski definition) is 4. The summed E-state index contributed by atoms with van der Waals surface area (Å²) in [4.78, 5) is 27.6. The van der Waals surface area contributed by atoms with E-state index in [9.17, 15) is 9.59 Å². The lowest BCUT2D eigenvalue weighted by Gasteiger charge is -2.10. The lowest BCUT2D eigenvalue weighted by molar-refractivity contribution is 0.0950. The van der Waals surface area contributed by atoms with Gasteiger partial charge >= 0.3 is 6.09 Å². The molecule has 0 aliphatic rings. The van der Waals surface area contributed by atoms with Crippen LogP contribution in [0.1, 0.15) is 23.1 Å². The molecule has 0 fully saturated rings. The zero-order valence-electron chi connectivity index (χ0n) is 11.6. The lowest BCUT2D eigenvalue weighted by Crippen LogP contribution is -2.30. The minimum atomic E-state index is -0.640. The van der Waals surface area contributed by atoms with E-state index in [1.807, 2.05) is 19.1 Å². The molecule has 106 valence electrons. The molecule has 1 heterocycles. The van der Waals surface area contributed by atoms with Gasteiger partial charge in [0.15, 0.2) is 0 Å². The van der Waals surface area contributed by atoms with Crippen LogP contribution >= 0.6 is 0 Å². The lowest BCUT2D eigenvalue weighted by atomic mass is 10.2. The summed E-state index contributed by atoms with van der Waals surface area (Å²) in [5.74, 6) is -0.295. The van der Waals surface area contributed by atoms with Crippen molar-refractivity contribution in [1.29, 1.82) is 0 Å². The molecular formula is C13H16N4O3. The van der Waals surface area contributed by atoms with Crippen LogP contribution in [0.2, 0.25) is 0 Å². The van der Waals surface area contributed by atoms with Gasteiger partial charge in [0.2, 0.25) is 5.82 Å². The third kappa shape index (κ3) is 2.56. The molecule has 2 rings (SSSR count). The van der Waals surface area contributed by atoms with Gasteiger partial charge in [-0.25, -0.2) is 19.9 Å². The van der Waals surface area contributed by atoms with E-state index in [2.05, 4.69) is 15.7 Å². The zero-order chi connectivity index (χ0) is 14.7. The summed E-state index contributed by atoms with van der Waals surface area (Å²) in [5.41, 5.74) is 4.75. The van der Waals surface area contributed by atoms with Gasteiger partial charge < -0.3 is 10.1 Å². The van der Waals surface area contributed by atoms with E-state index in [0.717, 1.165) is 5.56 Å². The second-order valence-electron chi connectivity index (χ2n) is 4.17. The summed E-state index contributed by atoms with van der Waals surface area (Å²) in [6.07, 6.45) is -0.640. The number of ether oxygens (including phenoxy) is 1. The smallest absolute Gasteiger partial charge is 0.426 e. The fourth-order valence-electron chi connectivity index (χ4n) is 1.82. The van der Waals surface area contributed by atoms with E-state index in [1.54, 1.807) is 13.0 Å². The molecule has 7 nitrogen and oxygen atoms in total. The summed E-state index contributed by atoms with van der Waals surface area (Å²) in [6.45, 7) is 3.86. The van der Waals surface area contributed by atoms with Crippen LogP contribution in [-0.2, 0) is 4.74 Å². The predicted molar refractivity (Wildman–Crippen MR) is 74.2 cm³/mol. The van der Waals surface area contributed by atoms with Crippen molar-refractivity contribution >= 4 is 23.0 Å². The molecule has 0 saturated heterocycles. The van der Waals surface area contributed by atoms with Gasteiger partial charge in [0.25, 0.3) is 5.91 Å². The van der Waals surface area contributed by atoms with E-state index in [1.165, 1.54) is 11.7 Å². The number of aromatic nitrogens is 2. The van der Waals surface area contributed by atoms with E-state index < -0.39 is 12.0 Å². The Morgan fingerprint density at radius 3 is 2.80 bits per heavy atom. The number of fused-ring (bicyclic) bond motifs is 1. The Morgan fingerprint density at radius 2 is 2.15 bits per heavy atom. The Balaban J connectivity index is 2.54. The van der Waals surface area contributed by atoms with Crippen LogP contribution in [0.3, 0.4) is 0 Å². The summed E-state index contributed by atoms with van der Waals surface area (Å²) in [7, 11) is 1.50. The molecule has 0 aliphatic carbocycles. The van der Waals surface area contributed by atoms with Gasteiger partial charge in [-0.15, -0.1) is 0 Å². The molecule has 0 bridgehead atoms. The highest BCUT2D eigenvalue weighted by atomic mass is 16.6. The molecule has 0 aliphatic heterocycles. The quantitative estimate of drug-likeness (QED) is 0.887. The maximum absolute atomic E-state index is 11.8. The Bertz CT molecular complexity index is 663. The van der Waals surface area contributed by atoms with Crippen molar-refractivity contribution in [3.05, 3.63) is 29.6 Å². The van der Waals surface area contributed by atoms with Crippen molar-refractivity contribution in [2.75, 3.05) is 19.1 Å². The van der Waals surface area contributed by atoms with Crippen LogP contribution in [0, 0.1) is 6.92 Å². The first-order valence-electron chi connectivity index (χ1n) is 6.21. The molecule has 0 atom stereocenters. The number of carbonyl (C=O) groups is 2. The highest BCUT2D eigenvalue weighted by Crippen LogP contribution is 2.16. The second kappa shape index (κ2) is 5.60. The minimum Gasteiger partial charge on any atom is -0.449 e. The Morgan fingerprint density at radius 1 is 1.40 bits per heavy atom. The number of benzene rings is 1. The van der Waals surface area contributed by atoms with Crippen LogP contribution in [0.4, 0.5) is 4.79 Å². The Labute approximate surface area is 115 Å². The molecule has 2 N–H and O–H groups in total. The van der Waals surface area contributed by atoms with E-state index in [-0.39, 0.29) is 12.4 Å². The summed E-state index contributed by atoms with van der Waals surface area (Å²) < 4.78 is 6.16. The van der Waals surface area contributed by atoms with Gasteiger partial charge in [-0.2, -0.15) is 0 Å². The maximum atomic E-state index is 11.8. The first-order valence-corrected chi connectivity index (χ1v) is 6.21.